The Balaban J connectivity index is 3.12. The molecule has 3 nitrogen and oxygen atoms in total. The minimum absolute atomic E-state index is 0.252. The van der Waals surface area contributed by atoms with Crippen molar-refractivity contribution in [2.45, 2.75) is 6.04 Å². The molecular formula is C7H9NO2Si. The van der Waals surface area contributed by atoms with Crippen LogP contribution in [0.5, 0.6) is 0 Å². The van der Waals surface area contributed by atoms with Crippen LogP contribution in [-0.4, -0.2) is 15.2 Å². The van der Waals surface area contributed by atoms with E-state index in [2.05, 4.69) is 0 Å². The first kappa shape index (κ1) is 7.94. The normalized spacial score (nSPS) is 9.82. The maximum Gasteiger partial charge on any atom is 0.272 e. The Bertz CT molecular complexity index is 275. The van der Waals surface area contributed by atoms with E-state index in [9.17, 15) is 10.1 Å². The average Bonchev–Trinajstić information content (AvgIpc) is 2.04. The molecule has 0 aliphatic heterocycles. The molecule has 0 aliphatic carbocycles. The predicted molar refractivity (Wildman–Crippen MR) is 46.7 cm³/mol. The van der Waals surface area contributed by atoms with Gasteiger partial charge in [0.15, 0.2) is 0 Å². The van der Waals surface area contributed by atoms with E-state index in [4.69, 9.17) is 0 Å². The third-order valence-electron chi connectivity index (χ3n) is 1.57. The summed E-state index contributed by atoms with van der Waals surface area (Å²) < 4.78 is 0. The van der Waals surface area contributed by atoms with Crippen LogP contribution in [-0.2, 0) is 6.04 Å². The van der Waals surface area contributed by atoms with Crippen LogP contribution in [0.25, 0.3) is 0 Å². The lowest BCUT2D eigenvalue weighted by Crippen LogP contribution is -1.94. The summed E-state index contributed by atoms with van der Waals surface area (Å²) in [7, 11) is 0.967. The Kier molecular flexibility index (Phi) is 2.38. The molecule has 0 saturated heterocycles. The van der Waals surface area contributed by atoms with Gasteiger partial charge >= 0.3 is 0 Å². The Labute approximate surface area is 67.6 Å². The molecular weight excluding hydrogens is 158 g/mol. The number of nitro benzene ring substituents is 1. The average molecular weight is 167 g/mol. The molecule has 0 N–H and O–H groups in total. The van der Waals surface area contributed by atoms with Gasteiger partial charge < -0.3 is 0 Å². The van der Waals surface area contributed by atoms with Crippen molar-refractivity contribution in [3.05, 3.63) is 39.9 Å². The summed E-state index contributed by atoms with van der Waals surface area (Å²) in [6, 6.07) is 7.73. The third kappa shape index (κ3) is 1.65. The fourth-order valence-corrected chi connectivity index (χ4v) is 1.59. The number of rotatable bonds is 2. The first-order valence-electron chi connectivity index (χ1n) is 3.48. The maximum absolute atomic E-state index is 10.4. The number of nitro groups is 1. The van der Waals surface area contributed by atoms with Gasteiger partial charge in [0.2, 0.25) is 0 Å². The predicted octanol–water partition coefficient (Wildman–Crippen LogP) is 0.460. The lowest BCUT2D eigenvalue weighted by atomic mass is 10.2. The number of nitrogens with zero attached hydrogens (tertiary/aromatic N) is 1. The van der Waals surface area contributed by atoms with E-state index in [0.717, 1.165) is 21.9 Å². The number of benzene rings is 1. The molecule has 0 saturated carbocycles. The van der Waals surface area contributed by atoms with Gasteiger partial charge in [0.1, 0.15) is 0 Å². The van der Waals surface area contributed by atoms with Gasteiger partial charge in [-0.05, 0) is 6.04 Å². The van der Waals surface area contributed by atoms with Gasteiger partial charge in [-0.2, -0.15) is 0 Å². The second kappa shape index (κ2) is 3.29. The van der Waals surface area contributed by atoms with Crippen LogP contribution in [0.2, 0.25) is 0 Å². The molecule has 1 aromatic carbocycles. The Morgan fingerprint density at radius 1 is 1.45 bits per heavy atom. The van der Waals surface area contributed by atoms with Crippen molar-refractivity contribution < 1.29 is 4.92 Å². The molecule has 0 aromatic heterocycles. The van der Waals surface area contributed by atoms with E-state index in [-0.39, 0.29) is 10.6 Å². The zero-order valence-electron chi connectivity index (χ0n) is 6.28. The third-order valence-corrected chi connectivity index (χ3v) is 2.33. The van der Waals surface area contributed by atoms with Crippen LogP contribution < -0.4 is 0 Å². The summed E-state index contributed by atoms with van der Waals surface area (Å²) in [6.07, 6.45) is 0. The van der Waals surface area contributed by atoms with Crippen LogP contribution in [0.1, 0.15) is 5.56 Å². The molecule has 0 spiro atoms. The Morgan fingerprint density at radius 3 is 2.55 bits per heavy atom. The van der Waals surface area contributed by atoms with Crippen molar-refractivity contribution in [2.75, 3.05) is 0 Å². The largest absolute Gasteiger partial charge is 0.272 e. The zero-order chi connectivity index (χ0) is 8.27. The molecule has 0 unspecified atom stereocenters. The first-order chi connectivity index (χ1) is 5.25. The lowest BCUT2D eigenvalue weighted by molar-refractivity contribution is -0.385. The van der Waals surface area contributed by atoms with Crippen molar-refractivity contribution in [3.8, 4) is 0 Å². The van der Waals surface area contributed by atoms with E-state index >= 15 is 0 Å². The molecule has 11 heavy (non-hydrogen) atoms. The summed E-state index contributed by atoms with van der Waals surface area (Å²) in [6.45, 7) is 0. The minimum Gasteiger partial charge on any atom is -0.258 e. The fraction of sp³-hybridized carbons (Fsp3) is 0.143. The van der Waals surface area contributed by atoms with Crippen molar-refractivity contribution in [1.82, 2.24) is 0 Å². The van der Waals surface area contributed by atoms with Crippen LogP contribution in [0.15, 0.2) is 24.3 Å². The number of para-hydroxylation sites is 1. The van der Waals surface area contributed by atoms with E-state index in [0.29, 0.717) is 0 Å². The van der Waals surface area contributed by atoms with Gasteiger partial charge in [-0.1, -0.05) is 18.2 Å². The molecule has 1 rings (SSSR count). The van der Waals surface area contributed by atoms with E-state index < -0.39 is 0 Å². The second-order valence-electron chi connectivity index (χ2n) is 2.24. The quantitative estimate of drug-likeness (QED) is 0.365. The zero-order valence-corrected chi connectivity index (χ0v) is 8.28. The highest BCUT2D eigenvalue weighted by Gasteiger charge is 2.08. The summed E-state index contributed by atoms with van der Waals surface area (Å²) >= 11 is 0. The molecule has 0 radical (unpaired) electrons. The number of hydrogen-bond donors (Lipinski definition) is 0. The van der Waals surface area contributed by atoms with Crippen molar-refractivity contribution in [1.29, 1.82) is 0 Å². The van der Waals surface area contributed by atoms with Crippen molar-refractivity contribution >= 4 is 15.9 Å². The SMILES string of the molecule is O=[N+]([O-])c1ccccc1C[SiH3]. The first-order valence-corrected chi connectivity index (χ1v) is 4.89. The number of hydrogen-bond acceptors (Lipinski definition) is 2. The molecule has 0 amide bonds. The summed E-state index contributed by atoms with van der Waals surface area (Å²) in [5.41, 5.74) is 1.10. The van der Waals surface area contributed by atoms with Gasteiger partial charge in [-0.25, -0.2) is 0 Å². The topological polar surface area (TPSA) is 43.1 Å². The Morgan fingerprint density at radius 2 is 2.09 bits per heavy atom. The van der Waals surface area contributed by atoms with E-state index in [1.54, 1.807) is 12.1 Å². The van der Waals surface area contributed by atoms with Gasteiger partial charge in [0.05, 0.1) is 4.92 Å². The highest BCUT2D eigenvalue weighted by molar-refractivity contribution is 6.08. The smallest absolute Gasteiger partial charge is 0.258 e. The second-order valence-corrected chi connectivity index (χ2v) is 2.95. The fourth-order valence-electron chi connectivity index (χ4n) is 0.988. The van der Waals surface area contributed by atoms with E-state index in [1.807, 2.05) is 12.1 Å². The summed E-state index contributed by atoms with van der Waals surface area (Å²) in [5.74, 6) is 0. The molecule has 0 fully saturated rings. The summed E-state index contributed by atoms with van der Waals surface area (Å²) in [4.78, 5) is 10.1. The molecule has 0 bridgehead atoms. The molecule has 1 aromatic rings. The molecule has 0 atom stereocenters. The highest BCUT2D eigenvalue weighted by Crippen LogP contribution is 2.16. The van der Waals surface area contributed by atoms with Crippen LogP contribution in [0.3, 0.4) is 0 Å². The molecule has 4 heteroatoms. The molecule has 0 aliphatic rings. The van der Waals surface area contributed by atoms with Crippen LogP contribution in [0.4, 0.5) is 5.69 Å². The van der Waals surface area contributed by atoms with Gasteiger partial charge in [-0.3, -0.25) is 10.1 Å². The van der Waals surface area contributed by atoms with Crippen molar-refractivity contribution in [3.63, 3.8) is 0 Å². The Hall–Kier alpha value is -1.16. The summed E-state index contributed by atoms with van der Waals surface area (Å²) in [5, 5.41) is 10.4. The lowest BCUT2D eigenvalue weighted by Gasteiger charge is -1.96. The van der Waals surface area contributed by atoms with Gasteiger partial charge in [0, 0.05) is 21.9 Å². The highest BCUT2D eigenvalue weighted by atomic mass is 28.1. The van der Waals surface area contributed by atoms with Crippen molar-refractivity contribution in [2.24, 2.45) is 0 Å². The van der Waals surface area contributed by atoms with Crippen LogP contribution >= 0.6 is 0 Å². The minimum atomic E-state index is -0.326. The maximum atomic E-state index is 10.4. The van der Waals surface area contributed by atoms with Gasteiger partial charge in [-0.15, -0.1) is 0 Å². The van der Waals surface area contributed by atoms with Gasteiger partial charge in [0.25, 0.3) is 5.69 Å². The molecule has 58 valence electrons. The standard InChI is InChI=1S/C7H9NO2Si/c9-8(10)7-4-2-1-3-6(7)5-11/h1-4H,5H2,11H3. The molecule has 0 heterocycles. The van der Waals surface area contributed by atoms with Crippen LogP contribution in [0, 0.1) is 10.1 Å². The van der Waals surface area contributed by atoms with E-state index in [1.165, 1.54) is 0 Å². The monoisotopic (exact) mass is 167 g/mol.